The number of aryl methyl sites for hydroxylation is 1. The highest BCUT2D eigenvalue weighted by Crippen LogP contribution is 2.56. The van der Waals surface area contributed by atoms with Crippen LogP contribution in [-0.2, 0) is 5.41 Å². The van der Waals surface area contributed by atoms with Gasteiger partial charge in [-0.15, -0.1) is 0 Å². The second-order valence-electron chi connectivity index (χ2n) is 7.58. The van der Waals surface area contributed by atoms with Crippen LogP contribution in [0.25, 0.3) is 10.8 Å². The Bertz CT molecular complexity index is 1050. The van der Waals surface area contributed by atoms with Gasteiger partial charge in [-0.2, -0.15) is 0 Å². The van der Waals surface area contributed by atoms with Crippen LogP contribution in [0.1, 0.15) is 52.6 Å². The smallest absolute Gasteiger partial charge is 0.295 e. The number of phenols is 2. The molecule has 1 aliphatic carbocycles. The molecule has 0 saturated carbocycles. The summed E-state index contributed by atoms with van der Waals surface area (Å²) in [6.45, 7) is 7.16. The van der Waals surface area contributed by atoms with Crippen LogP contribution in [0.5, 0.6) is 17.2 Å². The summed E-state index contributed by atoms with van der Waals surface area (Å²) in [5.74, 6) is -6.62. The molecule has 2 aliphatic rings. The standard InChI is InChI=1S/C19H18O7/c1-6-5-8(20)10-11-9(6)15-13(18(3,4)7(2)26-15)14(21)12(11)17(23)19(24,25)16(10)22/h5,7,20-21,24-25H,1-4H3. The molecular formula is C19H18O7. The molecule has 136 valence electrons. The van der Waals surface area contributed by atoms with Crippen LogP contribution in [0, 0.1) is 6.92 Å². The van der Waals surface area contributed by atoms with Crippen molar-refractivity contribution in [2.24, 2.45) is 0 Å². The van der Waals surface area contributed by atoms with E-state index in [1.54, 1.807) is 6.92 Å². The van der Waals surface area contributed by atoms with E-state index in [0.717, 1.165) is 0 Å². The minimum Gasteiger partial charge on any atom is -0.507 e. The number of carbonyl (C=O) groups excluding carboxylic acids is 2. The maximum absolute atomic E-state index is 12.7. The van der Waals surface area contributed by atoms with Crippen LogP contribution in [0.15, 0.2) is 6.07 Å². The molecule has 0 saturated heterocycles. The molecule has 4 N–H and O–H groups in total. The highest BCUT2D eigenvalue weighted by atomic mass is 16.5. The predicted molar refractivity (Wildman–Crippen MR) is 91.0 cm³/mol. The van der Waals surface area contributed by atoms with Gasteiger partial charge in [0.2, 0.25) is 11.6 Å². The van der Waals surface area contributed by atoms with Crippen LogP contribution in [0.2, 0.25) is 0 Å². The number of benzene rings is 2. The van der Waals surface area contributed by atoms with Gasteiger partial charge in [0.05, 0.1) is 11.1 Å². The lowest BCUT2D eigenvalue weighted by molar-refractivity contribution is -0.0896. The van der Waals surface area contributed by atoms with E-state index < -0.39 is 39.8 Å². The van der Waals surface area contributed by atoms with E-state index in [1.165, 1.54) is 6.07 Å². The van der Waals surface area contributed by atoms with E-state index >= 15 is 0 Å². The molecule has 7 heteroatoms. The molecule has 0 amide bonds. The second kappa shape index (κ2) is 4.55. The first-order chi connectivity index (χ1) is 11.9. The molecule has 1 aliphatic heterocycles. The van der Waals surface area contributed by atoms with Crippen molar-refractivity contribution in [3.05, 3.63) is 28.3 Å². The number of carbonyl (C=O) groups is 2. The number of hydrogen-bond acceptors (Lipinski definition) is 7. The van der Waals surface area contributed by atoms with Gasteiger partial charge in [-0.3, -0.25) is 9.59 Å². The molecule has 4 rings (SSSR count). The van der Waals surface area contributed by atoms with Crippen LogP contribution in [0.3, 0.4) is 0 Å². The van der Waals surface area contributed by atoms with Crippen molar-refractivity contribution in [3.8, 4) is 17.2 Å². The normalized spacial score (nSPS) is 22.5. The molecular weight excluding hydrogens is 340 g/mol. The van der Waals surface area contributed by atoms with Crippen molar-refractivity contribution in [3.63, 3.8) is 0 Å². The number of aromatic hydroxyl groups is 2. The van der Waals surface area contributed by atoms with Crippen molar-refractivity contribution < 1.29 is 34.8 Å². The number of fused-ring (bicyclic) bond motifs is 2. The summed E-state index contributed by atoms with van der Waals surface area (Å²) >= 11 is 0. The lowest BCUT2D eigenvalue weighted by atomic mass is 9.74. The fourth-order valence-corrected chi connectivity index (χ4v) is 3.96. The average Bonchev–Trinajstić information content (AvgIpc) is 2.75. The maximum Gasteiger partial charge on any atom is 0.295 e. The monoisotopic (exact) mass is 358 g/mol. The zero-order valence-corrected chi connectivity index (χ0v) is 14.7. The zero-order valence-electron chi connectivity index (χ0n) is 14.7. The van der Waals surface area contributed by atoms with E-state index in [2.05, 4.69) is 0 Å². The van der Waals surface area contributed by atoms with Crippen LogP contribution in [-0.4, -0.2) is 43.9 Å². The molecule has 1 heterocycles. The van der Waals surface area contributed by atoms with Crippen LogP contribution < -0.4 is 4.74 Å². The maximum atomic E-state index is 12.7. The minimum atomic E-state index is -3.35. The first-order valence-corrected chi connectivity index (χ1v) is 8.19. The van der Waals surface area contributed by atoms with Gasteiger partial charge in [0.25, 0.3) is 5.79 Å². The third-order valence-corrected chi connectivity index (χ3v) is 5.72. The van der Waals surface area contributed by atoms with Gasteiger partial charge in [0, 0.05) is 21.8 Å². The fourth-order valence-electron chi connectivity index (χ4n) is 3.96. The van der Waals surface area contributed by atoms with Gasteiger partial charge in [-0.1, -0.05) is 13.8 Å². The van der Waals surface area contributed by atoms with E-state index in [9.17, 15) is 30.0 Å². The number of rotatable bonds is 0. The number of phenolic OH excluding ortho intramolecular Hbond substituents is 2. The second-order valence-corrected chi connectivity index (χ2v) is 7.58. The van der Waals surface area contributed by atoms with Crippen molar-refractivity contribution in [2.75, 3.05) is 0 Å². The van der Waals surface area contributed by atoms with Gasteiger partial charge < -0.3 is 25.2 Å². The van der Waals surface area contributed by atoms with E-state index in [0.29, 0.717) is 22.3 Å². The molecule has 2 aromatic rings. The number of hydrogen-bond donors (Lipinski definition) is 4. The molecule has 0 fully saturated rings. The zero-order chi connectivity index (χ0) is 19.3. The molecule has 1 unspecified atom stereocenters. The molecule has 2 aromatic carbocycles. The molecule has 7 nitrogen and oxygen atoms in total. The quantitative estimate of drug-likeness (QED) is 0.417. The number of ether oxygens (including phenoxy) is 1. The Hall–Kier alpha value is -2.64. The Morgan fingerprint density at radius 3 is 2.23 bits per heavy atom. The minimum absolute atomic E-state index is 0.0163. The molecule has 1 atom stereocenters. The summed E-state index contributed by atoms with van der Waals surface area (Å²) in [7, 11) is 0. The molecule has 0 aromatic heterocycles. The summed E-state index contributed by atoms with van der Waals surface area (Å²) in [5, 5.41) is 41.6. The van der Waals surface area contributed by atoms with Crippen molar-refractivity contribution in [1.82, 2.24) is 0 Å². The highest BCUT2D eigenvalue weighted by Gasteiger charge is 2.53. The summed E-state index contributed by atoms with van der Waals surface area (Å²) in [5.41, 5.74) is -0.560. The third kappa shape index (κ3) is 1.65. The van der Waals surface area contributed by atoms with Gasteiger partial charge in [0.1, 0.15) is 23.4 Å². The lowest BCUT2D eigenvalue weighted by Crippen LogP contribution is -2.49. The van der Waals surface area contributed by atoms with E-state index in [4.69, 9.17) is 4.74 Å². The third-order valence-electron chi connectivity index (χ3n) is 5.72. The Morgan fingerprint density at radius 2 is 1.62 bits per heavy atom. The fraction of sp³-hybridized carbons (Fsp3) is 0.368. The highest BCUT2D eigenvalue weighted by molar-refractivity contribution is 6.35. The summed E-state index contributed by atoms with van der Waals surface area (Å²) in [6, 6.07) is 1.31. The predicted octanol–water partition coefficient (Wildman–Crippen LogP) is 1.68. The summed E-state index contributed by atoms with van der Waals surface area (Å²) in [6.07, 6.45) is -0.335. The Morgan fingerprint density at radius 1 is 1.04 bits per heavy atom. The van der Waals surface area contributed by atoms with Crippen LogP contribution >= 0.6 is 0 Å². The SMILES string of the molecule is Cc1cc(O)c2c3c(c(O)c4c(c13)OC(C)C4(C)C)C(=O)C(O)(O)C2=O. The number of aliphatic hydroxyl groups is 2. The average molecular weight is 358 g/mol. The molecule has 26 heavy (non-hydrogen) atoms. The van der Waals surface area contributed by atoms with Gasteiger partial charge in [-0.25, -0.2) is 0 Å². The van der Waals surface area contributed by atoms with Gasteiger partial charge in [-0.05, 0) is 25.5 Å². The number of Topliss-reactive ketones (excluding diaryl/α,β-unsaturated/α-hetero) is 2. The Labute approximate surface area is 148 Å². The molecule has 0 spiro atoms. The first-order valence-electron chi connectivity index (χ1n) is 8.19. The molecule has 0 bridgehead atoms. The van der Waals surface area contributed by atoms with Crippen molar-refractivity contribution >= 4 is 22.3 Å². The summed E-state index contributed by atoms with van der Waals surface area (Å²) < 4.78 is 5.95. The topological polar surface area (TPSA) is 124 Å². The van der Waals surface area contributed by atoms with Crippen LogP contribution in [0.4, 0.5) is 0 Å². The largest absolute Gasteiger partial charge is 0.507 e. The van der Waals surface area contributed by atoms with E-state index in [1.807, 2.05) is 20.8 Å². The van der Waals surface area contributed by atoms with E-state index in [-0.39, 0.29) is 17.1 Å². The first kappa shape index (κ1) is 16.8. The number of ketones is 2. The van der Waals surface area contributed by atoms with Gasteiger partial charge in [0.15, 0.2) is 0 Å². The van der Waals surface area contributed by atoms with Crippen molar-refractivity contribution in [1.29, 1.82) is 0 Å². The lowest BCUT2D eigenvalue weighted by Gasteiger charge is -2.29. The van der Waals surface area contributed by atoms with Crippen molar-refractivity contribution in [2.45, 2.75) is 45.0 Å². The Kier molecular flexibility index (Phi) is 2.94. The van der Waals surface area contributed by atoms with Gasteiger partial charge >= 0.3 is 0 Å². The Balaban J connectivity index is 2.33. The summed E-state index contributed by atoms with van der Waals surface area (Å²) in [4.78, 5) is 25.1. The molecule has 0 radical (unpaired) electrons.